The van der Waals surface area contributed by atoms with E-state index in [-0.39, 0.29) is 11.3 Å². The Labute approximate surface area is 159 Å². The lowest BCUT2D eigenvalue weighted by Crippen LogP contribution is -3.08. The fourth-order valence-electron chi connectivity index (χ4n) is 2.49. The van der Waals surface area contributed by atoms with Gasteiger partial charge in [0, 0.05) is 11.8 Å². The summed E-state index contributed by atoms with van der Waals surface area (Å²) in [7, 11) is 1.98. The Bertz CT molecular complexity index is 739. The van der Waals surface area contributed by atoms with E-state index in [0.29, 0.717) is 22.4 Å². The molecule has 0 fully saturated rings. The summed E-state index contributed by atoms with van der Waals surface area (Å²) in [5.74, 6) is 0.193. The maximum absolute atomic E-state index is 12.2. The van der Waals surface area contributed by atoms with Gasteiger partial charge in [-0.15, -0.1) is 0 Å². The molecule has 1 aromatic carbocycles. The van der Waals surface area contributed by atoms with Crippen molar-refractivity contribution in [2.24, 2.45) is 0 Å². The highest BCUT2D eigenvalue weighted by Gasteiger charge is 2.15. The van der Waals surface area contributed by atoms with Crippen LogP contribution >= 0.6 is 23.2 Å². The van der Waals surface area contributed by atoms with Crippen LogP contribution in [0.1, 0.15) is 31.9 Å². The summed E-state index contributed by atoms with van der Waals surface area (Å²) in [6, 6.07) is 10.1. The van der Waals surface area contributed by atoms with Crippen LogP contribution in [0.2, 0.25) is 10.0 Å². The number of nitrogens with one attached hydrogen (secondary N) is 2. The molecule has 0 aliphatic heterocycles. The molecule has 0 spiro atoms. The molecule has 2 rings (SSSR count). The SMILES string of the molecule is C[NH+](CC(=O)Nc1ncc(Cl)cc1Cl)Cc1ccc(C(C)(C)C)cc1. The van der Waals surface area contributed by atoms with Gasteiger partial charge in [-0.25, -0.2) is 4.98 Å². The van der Waals surface area contributed by atoms with Crippen molar-refractivity contribution in [3.8, 4) is 0 Å². The van der Waals surface area contributed by atoms with Crippen LogP contribution in [-0.4, -0.2) is 24.5 Å². The molecule has 6 heteroatoms. The van der Waals surface area contributed by atoms with Crippen LogP contribution in [0.5, 0.6) is 0 Å². The Morgan fingerprint density at radius 1 is 1.20 bits per heavy atom. The standard InChI is InChI=1S/C19H23Cl2N3O/c1-19(2,3)14-7-5-13(6-8-14)11-24(4)12-17(25)23-18-16(21)9-15(20)10-22-18/h5-10H,11-12H2,1-4H3,(H,22,23,25)/p+1. The molecule has 134 valence electrons. The van der Waals surface area contributed by atoms with Gasteiger partial charge in [-0.2, -0.15) is 0 Å². The molecular weight excluding hydrogens is 357 g/mol. The van der Waals surface area contributed by atoms with Crippen LogP contribution in [-0.2, 0) is 16.8 Å². The van der Waals surface area contributed by atoms with Gasteiger partial charge in [-0.1, -0.05) is 68.2 Å². The number of pyridine rings is 1. The Morgan fingerprint density at radius 2 is 1.84 bits per heavy atom. The zero-order valence-electron chi connectivity index (χ0n) is 15.0. The highest BCUT2D eigenvalue weighted by molar-refractivity contribution is 6.36. The number of benzene rings is 1. The molecule has 1 unspecified atom stereocenters. The summed E-state index contributed by atoms with van der Waals surface area (Å²) in [6.07, 6.45) is 1.45. The predicted molar refractivity (Wildman–Crippen MR) is 103 cm³/mol. The highest BCUT2D eigenvalue weighted by Crippen LogP contribution is 2.23. The lowest BCUT2D eigenvalue weighted by molar-refractivity contribution is -0.885. The first kappa shape index (κ1) is 19.7. The molecule has 1 heterocycles. The first-order valence-electron chi connectivity index (χ1n) is 8.17. The summed E-state index contributed by atoms with van der Waals surface area (Å²) in [4.78, 5) is 17.3. The lowest BCUT2D eigenvalue weighted by Gasteiger charge is -2.19. The Kier molecular flexibility index (Phi) is 6.44. The van der Waals surface area contributed by atoms with Crippen molar-refractivity contribution in [2.75, 3.05) is 18.9 Å². The van der Waals surface area contributed by atoms with Gasteiger partial charge in [0.1, 0.15) is 6.54 Å². The van der Waals surface area contributed by atoms with Crippen LogP contribution in [0.4, 0.5) is 5.82 Å². The molecule has 0 aliphatic carbocycles. The molecule has 1 aromatic heterocycles. The minimum atomic E-state index is -0.138. The molecular formula is C19H24Cl2N3O+. The predicted octanol–water partition coefficient (Wildman–Crippen LogP) is 3.34. The van der Waals surface area contributed by atoms with Crippen LogP contribution in [0, 0.1) is 0 Å². The summed E-state index contributed by atoms with van der Waals surface area (Å²) in [5, 5.41) is 3.49. The topological polar surface area (TPSA) is 46.4 Å². The molecule has 0 aliphatic rings. The van der Waals surface area contributed by atoms with Crippen LogP contribution < -0.4 is 10.2 Å². The van der Waals surface area contributed by atoms with Gasteiger partial charge in [0.05, 0.1) is 17.1 Å². The molecule has 25 heavy (non-hydrogen) atoms. The number of nitrogens with zero attached hydrogens (tertiary/aromatic N) is 1. The first-order valence-corrected chi connectivity index (χ1v) is 8.92. The minimum absolute atomic E-state index is 0.138. The number of halogens is 2. The first-order chi connectivity index (χ1) is 11.6. The third-order valence-corrected chi connectivity index (χ3v) is 4.35. The minimum Gasteiger partial charge on any atom is -0.326 e. The number of aromatic nitrogens is 1. The average molecular weight is 381 g/mol. The average Bonchev–Trinajstić information content (AvgIpc) is 2.49. The summed E-state index contributed by atoms with van der Waals surface area (Å²) in [5.41, 5.74) is 2.64. The van der Waals surface area contributed by atoms with Gasteiger partial charge in [0.2, 0.25) is 0 Å². The quantitative estimate of drug-likeness (QED) is 0.835. The maximum atomic E-state index is 12.2. The van der Waals surface area contributed by atoms with E-state index in [1.807, 2.05) is 7.05 Å². The summed E-state index contributed by atoms with van der Waals surface area (Å²) < 4.78 is 0. The van der Waals surface area contributed by atoms with Gasteiger partial charge >= 0.3 is 0 Å². The van der Waals surface area contributed by atoms with E-state index in [1.165, 1.54) is 17.3 Å². The summed E-state index contributed by atoms with van der Waals surface area (Å²) in [6.45, 7) is 7.67. The number of carbonyl (C=O) groups is 1. The molecule has 1 atom stereocenters. The maximum Gasteiger partial charge on any atom is 0.280 e. The van der Waals surface area contributed by atoms with Crippen molar-refractivity contribution >= 4 is 34.9 Å². The third kappa shape index (κ3) is 5.99. The normalized spacial score (nSPS) is 12.7. The van der Waals surface area contributed by atoms with Gasteiger partial charge in [-0.3, -0.25) is 4.79 Å². The second kappa shape index (κ2) is 8.17. The molecule has 2 aromatic rings. The summed E-state index contributed by atoms with van der Waals surface area (Å²) >= 11 is 11.8. The van der Waals surface area contributed by atoms with Crippen molar-refractivity contribution in [1.82, 2.24) is 4.98 Å². The number of amides is 1. The van der Waals surface area contributed by atoms with Crippen molar-refractivity contribution in [3.05, 3.63) is 57.7 Å². The number of hydrogen-bond acceptors (Lipinski definition) is 2. The van der Waals surface area contributed by atoms with Gasteiger partial charge in [-0.05, 0) is 17.0 Å². The molecule has 4 nitrogen and oxygen atoms in total. The number of likely N-dealkylation sites (N-methyl/N-ethyl adjacent to an activating group) is 1. The molecule has 0 radical (unpaired) electrons. The Hall–Kier alpha value is -1.62. The third-order valence-electron chi connectivity index (χ3n) is 3.85. The zero-order chi connectivity index (χ0) is 18.6. The van der Waals surface area contributed by atoms with Crippen LogP contribution in [0.15, 0.2) is 36.5 Å². The number of quaternary nitrogens is 1. The number of carbonyl (C=O) groups excluding carboxylic acids is 1. The number of hydrogen-bond donors (Lipinski definition) is 2. The molecule has 0 bridgehead atoms. The molecule has 0 saturated carbocycles. The smallest absolute Gasteiger partial charge is 0.280 e. The largest absolute Gasteiger partial charge is 0.326 e. The van der Waals surface area contributed by atoms with E-state index in [2.05, 4.69) is 55.3 Å². The van der Waals surface area contributed by atoms with Crippen molar-refractivity contribution in [3.63, 3.8) is 0 Å². The van der Waals surface area contributed by atoms with E-state index >= 15 is 0 Å². The van der Waals surface area contributed by atoms with E-state index < -0.39 is 0 Å². The van der Waals surface area contributed by atoms with Crippen LogP contribution in [0.3, 0.4) is 0 Å². The van der Waals surface area contributed by atoms with Gasteiger partial charge in [0.15, 0.2) is 12.4 Å². The van der Waals surface area contributed by atoms with E-state index in [0.717, 1.165) is 11.4 Å². The van der Waals surface area contributed by atoms with Gasteiger partial charge in [0.25, 0.3) is 5.91 Å². The highest BCUT2D eigenvalue weighted by atomic mass is 35.5. The zero-order valence-corrected chi connectivity index (χ0v) is 16.5. The Balaban J connectivity index is 1.91. The second-order valence-corrected chi connectivity index (χ2v) is 8.13. The molecule has 1 amide bonds. The Morgan fingerprint density at radius 3 is 2.40 bits per heavy atom. The van der Waals surface area contributed by atoms with E-state index in [1.54, 1.807) is 6.07 Å². The van der Waals surface area contributed by atoms with Crippen molar-refractivity contribution in [2.45, 2.75) is 32.7 Å². The van der Waals surface area contributed by atoms with Gasteiger partial charge < -0.3 is 10.2 Å². The lowest BCUT2D eigenvalue weighted by atomic mass is 9.87. The fourth-order valence-corrected chi connectivity index (χ4v) is 2.92. The second-order valence-electron chi connectivity index (χ2n) is 7.29. The van der Waals surface area contributed by atoms with Crippen molar-refractivity contribution < 1.29 is 9.69 Å². The molecule has 0 saturated heterocycles. The van der Waals surface area contributed by atoms with Crippen molar-refractivity contribution in [1.29, 1.82) is 0 Å². The molecule has 2 N–H and O–H groups in total. The number of rotatable bonds is 5. The fraction of sp³-hybridized carbons (Fsp3) is 0.368. The van der Waals surface area contributed by atoms with E-state index in [4.69, 9.17) is 23.2 Å². The number of anilines is 1. The monoisotopic (exact) mass is 380 g/mol. The van der Waals surface area contributed by atoms with Crippen LogP contribution in [0.25, 0.3) is 0 Å². The van der Waals surface area contributed by atoms with E-state index in [9.17, 15) is 4.79 Å².